The largest absolute Gasteiger partial charge is 0.490 e. The predicted octanol–water partition coefficient (Wildman–Crippen LogP) is 1.37. The normalized spacial score (nSPS) is 13.4. The van der Waals surface area contributed by atoms with E-state index in [9.17, 15) is 0 Å². The number of aromatic nitrogens is 3. The molecule has 1 aliphatic heterocycles. The van der Waals surface area contributed by atoms with Crippen LogP contribution in [0.5, 0.6) is 17.5 Å². The summed E-state index contributed by atoms with van der Waals surface area (Å²) in [6.45, 7) is 1.28. The van der Waals surface area contributed by atoms with E-state index in [1.54, 1.807) is 0 Å². The molecule has 0 bridgehead atoms. The third-order valence-corrected chi connectivity index (χ3v) is 2.82. The van der Waals surface area contributed by atoms with Gasteiger partial charge in [0.1, 0.15) is 0 Å². The minimum absolute atomic E-state index is 0.0821. The summed E-state index contributed by atoms with van der Waals surface area (Å²) in [7, 11) is 1.46. The number of nitrogens with zero attached hydrogens (tertiary/aromatic N) is 3. The van der Waals surface area contributed by atoms with Gasteiger partial charge in [-0.1, -0.05) is 0 Å². The Morgan fingerprint density at radius 3 is 2.76 bits per heavy atom. The summed E-state index contributed by atoms with van der Waals surface area (Å²) in [6.07, 6.45) is 0.860. The lowest BCUT2D eigenvalue weighted by atomic mass is 10.3. The number of rotatable bonds is 3. The SMILES string of the molecule is COc1nc(N)nc(Nc2ccc3c(c2)OCCCO3)n1. The molecule has 21 heavy (non-hydrogen) atoms. The smallest absolute Gasteiger partial charge is 0.322 e. The van der Waals surface area contributed by atoms with Crippen LogP contribution in [-0.4, -0.2) is 35.3 Å². The van der Waals surface area contributed by atoms with Crippen LogP contribution in [0.15, 0.2) is 18.2 Å². The Labute approximate surface area is 121 Å². The van der Waals surface area contributed by atoms with E-state index in [1.807, 2.05) is 18.2 Å². The molecule has 0 radical (unpaired) electrons. The van der Waals surface area contributed by atoms with Crippen LogP contribution in [0.25, 0.3) is 0 Å². The van der Waals surface area contributed by atoms with Crippen LogP contribution in [0, 0.1) is 0 Å². The molecular weight excluding hydrogens is 274 g/mol. The molecule has 0 atom stereocenters. The first-order valence-corrected chi connectivity index (χ1v) is 6.47. The van der Waals surface area contributed by atoms with Crippen LogP contribution in [0.3, 0.4) is 0 Å². The molecule has 2 aromatic rings. The maximum absolute atomic E-state index is 5.63. The molecule has 3 N–H and O–H groups in total. The summed E-state index contributed by atoms with van der Waals surface area (Å²) < 4.78 is 16.2. The highest BCUT2D eigenvalue weighted by molar-refractivity contribution is 5.60. The number of methoxy groups -OCH3 is 1. The summed E-state index contributed by atoms with van der Waals surface area (Å²) in [5.74, 6) is 1.80. The van der Waals surface area contributed by atoms with Crippen molar-refractivity contribution in [2.24, 2.45) is 0 Å². The molecule has 0 fully saturated rings. The Bertz CT molecular complexity index is 650. The van der Waals surface area contributed by atoms with E-state index in [1.165, 1.54) is 7.11 Å². The number of benzene rings is 1. The van der Waals surface area contributed by atoms with E-state index in [-0.39, 0.29) is 12.0 Å². The maximum atomic E-state index is 5.63. The van der Waals surface area contributed by atoms with Gasteiger partial charge in [0.2, 0.25) is 11.9 Å². The fourth-order valence-corrected chi connectivity index (χ4v) is 1.89. The first-order valence-electron chi connectivity index (χ1n) is 6.47. The first kappa shape index (κ1) is 13.2. The summed E-state index contributed by atoms with van der Waals surface area (Å²) in [5, 5.41) is 3.03. The molecule has 3 rings (SSSR count). The summed E-state index contributed by atoms with van der Waals surface area (Å²) in [5.41, 5.74) is 6.35. The molecule has 0 saturated heterocycles. The quantitative estimate of drug-likeness (QED) is 0.873. The lowest BCUT2D eigenvalue weighted by molar-refractivity contribution is 0.297. The lowest BCUT2D eigenvalue weighted by Gasteiger charge is -2.10. The predicted molar refractivity (Wildman–Crippen MR) is 76.1 cm³/mol. The average molecular weight is 289 g/mol. The van der Waals surface area contributed by atoms with Crippen molar-refractivity contribution in [3.8, 4) is 17.5 Å². The number of nitrogens with two attached hydrogens (primary N) is 1. The van der Waals surface area contributed by atoms with Crippen LogP contribution in [0.2, 0.25) is 0 Å². The Hall–Kier alpha value is -2.77. The minimum Gasteiger partial charge on any atom is -0.490 e. The topological polar surface area (TPSA) is 104 Å². The molecule has 1 aliphatic rings. The van der Waals surface area contributed by atoms with Gasteiger partial charge in [0.15, 0.2) is 11.5 Å². The highest BCUT2D eigenvalue weighted by atomic mass is 16.5. The van der Waals surface area contributed by atoms with Gasteiger partial charge in [0.05, 0.1) is 20.3 Å². The van der Waals surface area contributed by atoms with Gasteiger partial charge in [-0.05, 0) is 12.1 Å². The highest BCUT2D eigenvalue weighted by Gasteiger charge is 2.12. The van der Waals surface area contributed by atoms with Gasteiger partial charge >= 0.3 is 6.01 Å². The molecule has 8 heteroatoms. The van der Waals surface area contributed by atoms with Gasteiger partial charge in [-0.25, -0.2) is 0 Å². The summed E-state index contributed by atoms with van der Waals surface area (Å²) in [6, 6.07) is 5.66. The van der Waals surface area contributed by atoms with E-state index >= 15 is 0 Å². The van der Waals surface area contributed by atoms with E-state index < -0.39 is 0 Å². The van der Waals surface area contributed by atoms with Crippen LogP contribution in [0.4, 0.5) is 17.6 Å². The fourth-order valence-electron chi connectivity index (χ4n) is 1.89. The van der Waals surface area contributed by atoms with E-state index in [2.05, 4.69) is 20.3 Å². The Morgan fingerprint density at radius 2 is 1.95 bits per heavy atom. The van der Waals surface area contributed by atoms with Crippen molar-refractivity contribution in [1.82, 2.24) is 15.0 Å². The van der Waals surface area contributed by atoms with Gasteiger partial charge in [0, 0.05) is 18.2 Å². The molecule has 0 unspecified atom stereocenters. The van der Waals surface area contributed by atoms with Crippen molar-refractivity contribution in [3.63, 3.8) is 0 Å². The van der Waals surface area contributed by atoms with Crippen molar-refractivity contribution in [2.75, 3.05) is 31.4 Å². The molecule has 2 heterocycles. The van der Waals surface area contributed by atoms with Gasteiger partial charge in [-0.15, -0.1) is 0 Å². The van der Waals surface area contributed by atoms with Crippen molar-refractivity contribution in [1.29, 1.82) is 0 Å². The maximum Gasteiger partial charge on any atom is 0.322 e. The standard InChI is InChI=1S/C13H15N5O3/c1-19-13-17-11(14)16-12(18-13)15-8-3-4-9-10(7-8)21-6-2-5-20-9/h3-4,7H,2,5-6H2,1H3,(H3,14,15,16,17,18). The third-order valence-electron chi connectivity index (χ3n) is 2.82. The Morgan fingerprint density at radius 1 is 1.14 bits per heavy atom. The third kappa shape index (κ3) is 3.04. The van der Waals surface area contributed by atoms with Crippen molar-refractivity contribution < 1.29 is 14.2 Å². The van der Waals surface area contributed by atoms with Crippen molar-refractivity contribution in [2.45, 2.75) is 6.42 Å². The fraction of sp³-hybridized carbons (Fsp3) is 0.308. The first-order chi connectivity index (χ1) is 10.2. The zero-order valence-electron chi connectivity index (χ0n) is 11.5. The second kappa shape index (κ2) is 5.70. The zero-order chi connectivity index (χ0) is 14.7. The number of nitrogens with one attached hydrogen (secondary N) is 1. The Kier molecular flexibility index (Phi) is 3.59. The summed E-state index contributed by atoms with van der Waals surface area (Å²) in [4.78, 5) is 11.9. The summed E-state index contributed by atoms with van der Waals surface area (Å²) >= 11 is 0. The number of hydrogen-bond acceptors (Lipinski definition) is 8. The monoisotopic (exact) mass is 289 g/mol. The van der Waals surface area contributed by atoms with Crippen LogP contribution < -0.4 is 25.3 Å². The molecule has 0 spiro atoms. The molecule has 110 valence electrons. The number of nitrogen functional groups attached to an aromatic ring is 1. The molecule has 1 aromatic carbocycles. The van der Waals surface area contributed by atoms with Gasteiger partial charge in [0.25, 0.3) is 0 Å². The van der Waals surface area contributed by atoms with Crippen LogP contribution in [0.1, 0.15) is 6.42 Å². The average Bonchev–Trinajstić information content (AvgIpc) is 2.71. The Balaban J connectivity index is 1.85. The second-order valence-electron chi connectivity index (χ2n) is 4.34. The van der Waals surface area contributed by atoms with Crippen molar-refractivity contribution in [3.05, 3.63) is 18.2 Å². The lowest BCUT2D eigenvalue weighted by Crippen LogP contribution is -2.05. The molecule has 8 nitrogen and oxygen atoms in total. The number of fused-ring (bicyclic) bond motifs is 1. The minimum atomic E-state index is 0.0821. The molecule has 0 saturated carbocycles. The van der Waals surface area contributed by atoms with Gasteiger partial charge in [-0.2, -0.15) is 15.0 Å². The zero-order valence-corrected chi connectivity index (χ0v) is 11.5. The van der Waals surface area contributed by atoms with Crippen molar-refractivity contribution >= 4 is 17.6 Å². The molecule has 1 aromatic heterocycles. The molecular formula is C13H15N5O3. The van der Waals surface area contributed by atoms with E-state index in [0.717, 1.165) is 17.9 Å². The van der Waals surface area contributed by atoms with E-state index in [4.69, 9.17) is 19.9 Å². The number of hydrogen-bond donors (Lipinski definition) is 2. The van der Waals surface area contributed by atoms with Gasteiger partial charge < -0.3 is 25.3 Å². The molecule has 0 amide bonds. The van der Waals surface area contributed by atoms with Gasteiger partial charge in [-0.3, -0.25) is 0 Å². The number of anilines is 3. The second-order valence-corrected chi connectivity index (χ2v) is 4.34. The van der Waals surface area contributed by atoms with E-state index in [0.29, 0.717) is 24.9 Å². The highest BCUT2D eigenvalue weighted by Crippen LogP contribution is 2.33. The molecule has 0 aliphatic carbocycles. The van der Waals surface area contributed by atoms with Crippen LogP contribution in [-0.2, 0) is 0 Å². The van der Waals surface area contributed by atoms with Crippen LogP contribution >= 0.6 is 0 Å². The number of ether oxygens (including phenoxy) is 3.